The van der Waals surface area contributed by atoms with E-state index in [1.54, 1.807) is 0 Å². The van der Waals surface area contributed by atoms with Gasteiger partial charge in [0, 0.05) is 6.42 Å². The van der Waals surface area contributed by atoms with E-state index in [0.717, 1.165) is 12.8 Å². The quantitative estimate of drug-likeness (QED) is 0.485. The molecule has 0 unspecified atom stereocenters. The van der Waals surface area contributed by atoms with E-state index >= 15 is 0 Å². The maximum absolute atomic E-state index is 11.4. The second-order valence-electron chi connectivity index (χ2n) is 3.70. The lowest BCUT2D eigenvalue weighted by Crippen LogP contribution is -2.42. The van der Waals surface area contributed by atoms with E-state index in [1.165, 1.54) is 7.11 Å². The Morgan fingerprint density at radius 1 is 1.29 bits per heavy atom. The highest BCUT2D eigenvalue weighted by Gasteiger charge is 2.23. The fourth-order valence-electron chi connectivity index (χ4n) is 1.25. The molecule has 2 N–H and O–H groups in total. The van der Waals surface area contributed by atoms with Crippen LogP contribution in [0.1, 0.15) is 39.0 Å². The van der Waals surface area contributed by atoms with Crippen molar-refractivity contribution in [2.45, 2.75) is 45.1 Å². The summed E-state index contributed by atoms with van der Waals surface area (Å²) in [7, 11) is 1.17. The monoisotopic (exact) mass is 245 g/mol. The predicted octanol–water partition coefficient (Wildman–Crippen LogP) is 0.699. The maximum Gasteiger partial charge on any atom is 0.326 e. The lowest BCUT2D eigenvalue weighted by molar-refractivity contribution is -0.148. The first-order valence-corrected chi connectivity index (χ1v) is 5.60. The number of carbonyl (C=O) groups is 3. The molecule has 6 nitrogen and oxygen atoms in total. The minimum absolute atomic E-state index is 0.277. The van der Waals surface area contributed by atoms with Gasteiger partial charge in [-0.05, 0) is 6.42 Å². The third-order valence-corrected chi connectivity index (χ3v) is 2.24. The molecule has 0 rings (SSSR count). The van der Waals surface area contributed by atoms with Gasteiger partial charge >= 0.3 is 11.9 Å². The van der Waals surface area contributed by atoms with Gasteiger partial charge in [0.25, 0.3) is 0 Å². The average Bonchev–Trinajstić information content (AvgIpc) is 2.28. The minimum Gasteiger partial charge on any atom is -0.480 e. The molecular formula is C11H19NO5. The van der Waals surface area contributed by atoms with Crippen molar-refractivity contribution in [3.05, 3.63) is 0 Å². The summed E-state index contributed by atoms with van der Waals surface area (Å²) in [6.45, 7) is 2.01. The Morgan fingerprint density at radius 3 is 2.41 bits per heavy atom. The lowest BCUT2D eigenvalue weighted by atomic mass is 10.1. The molecule has 1 amide bonds. The van der Waals surface area contributed by atoms with Gasteiger partial charge < -0.3 is 15.2 Å². The van der Waals surface area contributed by atoms with Gasteiger partial charge in [-0.15, -0.1) is 0 Å². The van der Waals surface area contributed by atoms with Crippen LogP contribution in [-0.4, -0.2) is 36.1 Å². The van der Waals surface area contributed by atoms with Gasteiger partial charge in [0.05, 0.1) is 13.5 Å². The van der Waals surface area contributed by atoms with E-state index in [1.807, 2.05) is 6.92 Å². The molecular weight excluding hydrogens is 226 g/mol. The molecule has 0 fully saturated rings. The van der Waals surface area contributed by atoms with Crippen molar-refractivity contribution in [2.24, 2.45) is 0 Å². The number of rotatable bonds is 8. The van der Waals surface area contributed by atoms with E-state index in [4.69, 9.17) is 5.11 Å². The van der Waals surface area contributed by atoms with Crippen LogP contribution in [0.3, 0.4) is 0 Å². The van der Waals surface area contributed by atoms with Crippen molar-refractivity contribution in [3.8, 4) is 0 Å². The normalized spacial score (nSPS) is 11.6. The number of carboxylic acid groups (broad SMARTS) is 1. The zero-order valence-corrected chi connectivity index (χ0v) is 10.2. The molecule has 0 saturated heterocycles. The number of carbonyl (C=O) groups excluding carboxylic acids is 2. The van der Waals surface area contributed by atoms with E-state index in [-0.39, 0.29) is 18.7 Å². The molecule has 6 heteroatoms. The van der Waals surface area contributed by atoms with Crippen molar-refractivity contribution < 1.29 is 24.2 Å². The number of hydrogen-bond acceptors (Lipinski definition) is 4. The van der Waals surface area contributed by atoms with Gasteiger partial charge in [-0.25, -0.2) is 4.79 Å². The summed E-state index contributed by atoms with van der Waals surface area (Å²) in [4.78, 5) is 33.1. The Kier molecular flexibility index (Phi) is 7.75. The lowest BCUT2D eigenvalue weighted by Gasteiger charge is -2.13. The first-order valence-electron chi connectivity index (χ1n) is 5.60. The van der Waals surface area contributed by atoms with Crippen LogP contribution < -0.4 is 5.32 Å². The summed E-state index contributed by atoms with van der Waals surface area (Å²) >= 11 is 0. The largest absolute Gasteiger partial charge is 0.480 e. The number of ether oxygens (including phenoxy) is 1. The molecule has 0 heterocycles. The first-order chi connectivity index (χ1) is 8.01. The number of amides is 1. The number of aliphatic carboxylic acids is 1. The summed E-state index contributed by atoms with van der Waals surface area (Å²) in [6, 6.07) is -1.21. The Balaban J connectivity index is 4.11. The van der Waals surface area contributed by atoms with E-state index in [9.17, 15) is 14.4 Å². The summed E-state index contributed by atoms with van der Waals surface area (Å²) < 4.78 is 4.36. The molecule has 0 aliphatic rings. The SMILES string of the molecule is CCCCCC(=O)N[C@@H](CC(=O)OC)C(=O)O. The van der Waals surface area contributed by atoms with Gasteiger partial charge in [-0.1, -0.05) is 19.8 Å². The van der Waals surface area contributed by atoms with Crippen LogP contribution in [0.25, 0.3) is 0 Å². The van der Waals surface area contributed by atoms with Gasteiger partial charge in [0.15, 0.2) is 0 Å². The van der Waals surface area contributed by atoms with E-state index in [2.05, 4.69) is 10.1 Å². The van der Waals surface area contributed by atoms with E-state index < -0.39 is 18.0 Å². The van der Waals surface area contributed by atoms with Crippen LogP contribution in [0.4, 0.5) is 0 Å². The number of esters is 1. The van der Waals surface area contributed by atoms with Crippen molar-refractivity contribution in [1.82, 2.24) is 5.32 Å². The molecule has 0 aromatic rings. The second-order valence-corrected chi connectivity index (χ2v) is 3.70. The standard InChI is InChI=1S/C11H19NO5/c1-3-4-5-6-9(13)12-8(11(15)16)7-10(14)17-2/h8H,3-7H2,1-2H3,(H,12,13)(H,15,16)/t8-/m0/s1. The Bertz CT molecular complexity index is 277. The van der Waals surface area contributed by atoms with Crippen LogP contribution in [0.5, 0.6) is 0 Å². The van der Waals surface area contributed by atoms with Crippen LogP contribution in [0.2, 0.25) is 0 Å². The molecule has 0 aliphatic carbocycles. The molecule has 0 radical (unpaired) electrons. The predicted molar refractivity (Wildman–Crippen MR) is 60.3 cm³/mol. The summed E-state index contributed by atoms with van der Waals surface area (Å²) in [5.74, 6) is -2.25. The summed E-state index contributed by atoms with van der Waals surface area (Å²) in [5.41, 5.74) is 0. The van der Waals surface area contributed by atoms with Gasteiger partial charge in [0.2, 0.25) is 5.91 Å². The molecule has 0 aliphatic heterocycles. The molecule has 0 saturated carbocycles. The van der Waals surface area contributed by atoms with Gasteiger partial charge in [0.1, 0.15) is 6.04 Å². The first kappa shape index (κ1) is 15.4. The van der Waals surface area contributed by atoms with Crippen LogP contribution >= 0.6 is 0 Å². The smallest absolute Gasteiger partial charge is 0.326 e. The van der Waals surface area contributed by atoms with Crippen LogP contribution in [0, 0.1) is 0 Å². The molecule has 0 spiro atoms. The van der Waals surface area contributed by atoms with Gasteiger partial charge in [-0.2, -0.15) is 0 Å². The molecule has 17 heavy (non-hydrogen) atoms. The highest BCUT2D eigenvalue weighted by molar-refractivity contribution is 5.87. The minimum atomic E-state index is -1.24. The molecule has 0 bridgehead atoms. The van der Waals surface area contributed by atoms with E-state index in [0.29, 0.717) is 6.42 Å². The molecule has 0 aromatic heterocycles. The molecule has 0 aromatic carbocycles. The number of hydrogen-bond donors (Lipinski definition) is 2. The van der Waals surface area contributed by atoms with Crippen molar-refractivity contribution in [3.63, 3.8) is 0 Å². The average molecular weight is 245 g/mol. The highest BCUT2D eigenvalue weighted by Crippen LogP contribution is 2.01. The Labute approximate surface area is 100 Å². The Morgan fingerprint density at radius 2 is 1.94 bits per heavy atom. The fourth-order valence-corrected chi connectivity index (χ4v) is 1.25. The van der Waals surface area contributed by atoms with Crippen molar-refractivity contribution in [1.29, 1.82) is 0 Å². The zero-order valence-electron chi connectivity index (χ0n) is 10.2. The second kappa shape index (κ2) is 8.55. The number of methoxy groups -OCH3 is 1. The number of unbranched alkanes of at least 4 members (excludes halogenated alkanes) is 2. The molecule has 1 atom stereocenters. The number of carboxylic acids is 1. The maximum atomic E-state index is 11.4. The third kappa shape index (κ3) is 7.32. The fraction of sp³-hybridized carbons (Fsp3) is 0.727. The van der Waals surface area contributed by atoms with Gasteiger partial charge in [-0.3, -0.25) is 9.59 Å². The van der Waals surface area contributed by atoms with Crippen LogP contribution in [0.15, 0.2) is 0 Å². The molecule has 98 valence electrons. The number of nitrogens with one attached hydrogen (secondary N) is 1. The highest BCUT2D eigenvalue weighted by atomic mass is 16.5. The third-order valence-electron chi connectivity index (χ3n) is 2.24. The van der Waals surface area contributed by atoms with Crippen molar-refractivity contribution in [2.75, 3.05) is 7.11 Å². The Hall–Kier alpha value is -1.59. The van der Waals surface area contributed by atoms with Crippen molar-refractivity contribution >= 4 is 17.8 Å². The topological polar surface area (TPSA) is 92.7 Å². The van der Waals surface area contributed by atoms with Crippen LogP contribution in [-0.2, 0) is 19.1 Å². The summed E-state index contributed by atoms with van der Waals surface area (Å²) in [5, 5.41) is 11.1. The summed E-state index contributed by atoms with van der Waals surface area (Å²) in [6.07, 6.45) is 2.54. The zero-order chi connectivity index (χ0) is 13.3.